The lowest BCUT2D eigenvalue weighted by Gasteiger charge is -2.34. The number of carbonyl (C=O) groups excluding carboxylic acids is 2. The Morgan fingerprint density at radius 1 is 1.06 bits per heavy atom. The second-order valence-corrected chi connectivity index (χ2v) is 14.0. The normalized spacial score (nSPS) is 14.6. The van der Waals surface area contributed by atoms with Crippen LogP contribution in [0, 0.1) is 18.3 Å². The molecule has 1 aliphatic heterocycles. The fourth-order valence-corrected chi connectivity index (χ4v) is 7.57. The Kier molecular flexibility index (Phi) is 13.9. The lowest BCUT2D eigenvalue weighted by Crippen LogP contribution is -2.40. The van der Waals surface area contributed by atoms with Crippen molar-refractivity contribution >= 4 is 45.0 Å². The van der Waals surface area contributed by atoms with Crippen LogP contribution in [-0.4, -0.2) is 84.2 Å². The molecular formula is C39H44ClN3O5S. The van der Waals surface area contributed by atoms with Gasteiger partial charge in [-0.1, -0.05) is 66.2 Å². The van der Waals surface area contributed by atoms with E-state index in [1.807, 2.05) is 67.6 Å². The Labute approximate surface area is 296 Å². The highest BCUT2D eigenvalue weighted by Gasteiger charge is 2.28. The molecule has 1 amide bonds. The molecule has 1 aliphatic rings. The van der Waals surface area contributed by atoms with Crippen LogP contribution in [-0.2, 0) is 20.3 Å². The number of nitrogens with zero attached hydrogens (tertiary/aromatic N) is 3. The van der Waals surface area contributed by atoms with E-state index in [1.165, 1.54) is 12.7 Å². The molecule has 0 saturated carbocycles. The zero-order valence-electron chi connectivity index (χ0n) is 28.5. The number of hydrogen-bond acceptors (Lipinski definition) is 7. The third-order valence-electron chi connectivity index (χ3n) is 9.21. The fourth-order valence-electron chi connectivity index (χ4n) is 6.54. The van der Waals surface area contributed by atoms with Gasteiger partial charge >= 0.3 is 5.97 Å². The van der Waals surface area contributed by atoms with E-state index in [0.717, 1.165) is 72.8 Å². The van der Waals surface area contributed by atoms with Gasteiger partial charge in [-0.3, -0.25) is 13.8 Å². The van der Waals surface area contributed by atoms with Gasteiger partial charge in [-0.05, 0) is 103 Å². The molecule has 0 radical (unpaired) electrons. The number of methoxy groups -OCH3 is 1. The quantitative estimate of drug-likeness (QED) is 0.174. The first kappa shape index (κ1) is 37.7. The highest BCUT2D eigenvalue weighted by atomic mass is 35.5. The number of rotatable bonds is 11. The highest BCUT2D eigenvalue weighted by molar-refractivity contribution is 7.84. The van der Waals surface area contributed by atoms with Gasteiger partial charge in [0.25, 0.3) is 5.91 Å². The summed E-state index contributed by atoms with van der Waals surface area (Å²) in [7, 11) is 1.28. The van der Waals surface area contributed by atoms with Crippen LogP contribution in [0.3, 0.4) is 0 Å². The molecular weight excluding hydrogens is 658 g/mol. The van der Waals surface area contributed by atoms with Crippen molar-refractivity contribution in [2.75, 3.05) is 53.2 Å². The second-order valence-electron chi connectivity index (χ2n) is 12.2. The molecule has 0 aromatic heterocycles. The Hall–Kier alpha value is -4.07. The molecule has 1 N–H and O–H groups in total. The van der Waals surface area contributed by atoms with Crippen LogP contribution in [0.1, 0.15) is 63.7 Å². The Morgan fingerprint density at radius 2 is 1.76 bits per heavy atom. The van der Waals surface area contributed by atoms with Crippen LogP contribution >= 0.6 is 11.6 Å². The summed E-state index contributed by atoms with van der Waals surface area (Å²) in [4.78, 5) is 31.8. The summed E-state index contributed by atoms with van der Waals surface area (Å²) < 4.78 is 17.4. The van der Waals surface area contributed by atoms with Crippen molar-refractivity contribution in [1.82, 2.24) is 9.80 Å². The number of piperidine rings is 1. The minimum absolute atomic E-state index is 0.118. The van der Waals surface area contributed by atoms with E-state index < -0.39 is 16.8 Å². The molecule has 5 rings (SSSR count). The Morgan fingerprint density at radius 3 is 2.43 bits per heavy atom. The summed E-state index contributed by atoms with van der Waals surface area (Å²) >= 11 is 6.60. The monoisotopic (exact) mass is 701 g/mol. The molecule has 258 valence electrons. The Balaban J connectivity index is 0.00000265. The number of esters is 1. The number of aryl methyl sites for hydroxylation is 1. The molecule has 10 heteroatoms. The van der Waals surface area contributed by atoms with Gasteiger partial charge in [0, 0.05) is 41.3 Å². The number of ether oxygens (including phenoxy) is 1. The van der Waals surface area contributed by atoms with Crippen LogP contribution in [0.15, 0.2) is 83.8 Å². The van der Waals surface area contributed by atoms with E-state index in [9.17, 15) is 19.1 Å². The molecule has 2 unspecified atom stereocenters. The summed E-state index contributed by atoms with van der Waals surface area (Å²) in [5, 5.41) is 18.9. The summed E-state index contributed by atoms with van der Waals surface area (Å²) in [6.45, 7) is 4.63. The summed E-state index contributed by atoms with van der Waals surface area (Å²) in [6.07, 6.45) is 4.43. The van der Waals surface area contributed by atoms with Gasteiger partial charge < -0.3 is 19.6 Å². The molecule has 4 aromatic rings. The molecule has 8 nitrogen and oxygen atoms in total. The van der Waals surface area contributed by atoms with E-state index in [2.05, 4.69) is 17.0 Å². The topological polar surface area (TPSA) is 111 Å². The van der Waals surface area contributed by atoms with Gasteiger partial charge in [-0.25, -0.2) is 0 Å². The predicted molar refractivity (Wildman–Crippen MR) is 195 cm³/mol. The molecule has 1 heterocycles. The maximum absolute atomic E-state index is 14.3. The molecule has 0 bridgehead atoms. The van der Waals surface area contributed by atoms with Gasteiger partial charge in [0.2, 0.25) is 0 Å². The van der Waals surface area contributed by atoms with Crippen molar-refractivity contribution in [2.45, 2.75) is 42.9 Å². The minimum Gasteiger partial charge on any atom is -0.468 e. The summed E-state index contributed by atoms with van der Waals surface area (Å²) in [5.41, 5.74) is 3.90. The van der Waals surface area contributed by atoms with Crippen molar-refractivity contribution in [1.29, 1.82) is 5.26 Å². The first-order chi connectivity index (χ1) is 23.7. The van der Waals surface area contributed by atoms with Crippen molar-refractivity contribution in [3.05, 3.63) is 112 Å². The van der Waals surface area contributed by atoms with Crippen molar-refractivity contribution < 1.29 is 23.6 Å². The number of amides is 1. The average molecular weight is 702 g/mol. The van der Waals surface area contributed by atoms with Gasteiger partial charge in [-0.2, -0.15) is 5.26 Å². The molecule has 1 saturated heterocycles. The molecule has 49 heavy (non-hydrogen) atoms. The number of carbonyl (C=O) groups is 2. The molecule has 1 fully saturated rings. The van der Waals surface area contributed by atoms with E-state index in [-0.39, 0.29) is 24.9 Å². The Bertz CT molecular complexity index is 1830. The van der Waals surface area contributed by atoms with Crippen LogP contribution < -0.4 is 0 Å². The van der Waals surface area contributed by atoms with Gasteiger partial charge in [0.1, 0.15) is 6.54 Å². The number of aliphatic hydroxyl groups excluding tert-OH is 1. The number of fused-ring (bicyclic) bond motifs is 1. The zero-order valence-corrected chi connectivity index (χ0v) is 30.1. The largest absolute Gasteiger partial charge is 0.468 e. The predicted octanol–water partition coefficient (Wildman–Crippen LogP) is 6.69. The lowest BCUT2D eigenvalue weighted by molar-refractivity contribution is -0.141. The van der Waals surface area contributed by atoms with Crippen LogP contribution in [0.4, 0.5) is 0 Å². The summed E-state index contributed by atoms with van der Waals surface area (Å²) in [6, 6.07) is 27.0. The van der Waals surface area contributed by atoms with E-state index >= 15 is 0 Å². The maximum Gasteiger partial charge on any atom is 0.325 e. The fraction of sp³-hybridized carbons (Fsp3) is 0.359. The molecule has 0 spiro atoms. The third kappa shape index (κ3) is 9.55. The van der Waals surface area contributed by atoms with Gasteiger partial charge in [0.15, 0.2) is 0 Å². The van der Waals surface area contributed by atoms with Crippen LogP contribution in [0.25, 0.3) is 10.8 Å². The number of aliphatic hydroxyl groups is 1. The van der Waals surface area contributed by atoms with Gasteiger partial charge in [0.05, 0.1) is 29.5 Å². The number of hydrogen-bond donors (Lipinski definition) is 1. The van der Waals surface area contributed by atoms with Crippen molar-refractivity contribution in [2.24, 2.45) is 0 Å². The van der Waals surface area contributed by atoms with Crippen molar-refractivity contribution in [3.63, 3.8) is 0 Å². The molecule has 2 atom stereocenters. The van der Waals surface area contributed by atoms with Crippen LogP contribution in [0.2, 0.25) is 5.02 Å². The standard InChI is InChI=1S/C38H40ClN3O4S.CH4O/c1-26-12-13-29(22-35(26)39)31(16-19-41-17-14-28(15-18-41)33-10-6-7-11-36(33)47(3)45)24-42(25-37(43)46-2)38(44)34-21-27(23-40)20-30-8-4-5-9-32(30)34;1-2/h4-13,20-22,28,31H,14-19,24-25H2,1-3H3;2H,1H3. The van der Waals surface area contributed by atoms with E-state index in [1.54, 1.807) is 23.3 Å². The third-order valence-corrected chi connectivity index (χ3v) is 10.6. The summed E-state index contributed by atoms with van der Waals surface area (Å²) in [5.74, 6) is -0.604. The number of halogens is 1. The van der Waals surface area contributed by atoms with Crippen molar-refractivity contribution in [3.8, 4) is 6.07 Å². The maximum atomic E-state index is 14.3. The molecule has 4 aromatic carbocycles. The minimum atomic E-state index is -1.03. The van der Waals surface area contributed by atoms with E-state index in [4.69, 9.17) is 21.4 Å². The first-order valence-corrected chi connectivity index (χ1v) is 18.3. The first-order valence-electron chi connectivity index (χ1n) is 16.3. The average Bonchev–Trinajstić information content (AvgIpc) is 3.14. The zero-order chi connectivity index (χ0) is 35.5. The second kappa shape index (κ2) is 18.1. The number of likely N-dealkylation sites (tertiary alicyclic amines) is 1. The van der Waals surface area contributed by atoms with E-state index in [0.29, 0.717) is 22.1 Å². The smallest absolute Gasteiger partial charge is 0.325 e. The number of nitriles is 1. The SMILES string of the molecule is CO.COC(=O)CN(CC(CCN1CCC(c2ccccc2S(C)=O)CC1)c1ccc(C)c(Cl)c1)C(=O)c1cc(C#N)cc2ccccc12. The highest BCUT2D eigenvalue weighted by Crippen LogP contribution is 2.33. The number of benzene rings is 4. The van der Waals surface area contributed by atoms with Gasteiger partial charge in [-0.15, -0.1) is 0 Å². The van der Waals surface area contributed by atoms with Crippen LogP contribution in [0.5, 0.6) is 0 Å². The lowest BCUT2D eigenvalue weighted by atomic mass is 9.88. The molecule has 0 aliphatic carbocycles.